The molecular formula is C10H14N2O3. The van der Waals surface area contributed by atoms with Crippen LogP contribution in [0.15, 0.2) is 22.8 Å². The molecule has 15 heavy (non-hydrogen) atoms. The number of carbonyl (C=O) groups is 1. The molecule has 2 heterocycles. The van der Waals surface area contributed by atoms with Gasteiger partial charge in [-0.05, 0) is 12.1 Å². The van der Waals surface area contributed by atoms with Gasteiger partial charge in [-0.25, -0.2) is 0 Å². The molecule has 2 rings (SSSR count). The second-order valence-corrected chi connectivity index (χ2v) is 3.69. The molecule has 0 bridgehead atoms. The summed E-state index contributed by atoms with van der Waals surface area (Å²) in [5.41, 5.74) is 0. The summed E-state index contributed by atoms with van der Waals surface area (Å²) < 4.78 is 5.02. The first-order valence-corrected chi connectivity index (χ1v) is 4.89. The molecule has 0 radical (unpaired) electrons. The summed E-state index contributed by atoms with van der Waals surface area (Å²) in [7, 11) is 1.67. The van der Waals surface area contributed by atoms with Crippen LogP contribution in [0.1, 0.15) is 10.6 Å². The molecule has 5 nitrogen and oxygen atoms in total. The van der Waals surface area contributed by atoms with E-state index in [0.29, 0.717) is 18.8 Å². The van der Waals surface area contributed by atoms with E-state index in [0.717, 1.165) is 0 Å². The van der Waals surface area contributed by atoms with Crippen LogP contribution in [0.3, 0.4) is 0 Å². The zero-order valence-corrected chi connectivity index (χ0v) is 8.51. The standard InChI is InChI=1S/C10H14N2O3/c1-12(7-5-11-6-8(7)13)10(14)9-3-2-4-15-9/h2-4,7-8,11,13H,5-6H2,1H3/t7-,8-/m0/s1. The number of nitrogens with one attached hydrogen (secondary N) is 1. The molecule has 0 saturated carbocycles. The van der Waals surface area contributed by atoms with Crippen LogP contribution < -0.4 is 5.32 Å². The van der Waals surface area contributed by atoms with Crippen LogP contribution in [0.25, 0.3) is 0 Å². The number of hydrogen-bond acceptors (Lipinski definition) is 4. The third kappa shape index (κ3) is 1.88. The number of furan rings is 1. The topological polar surface area (TPSA) is 65.7 Å². The predicted octanol–water partition coefficient (Wildman–Crippen LogP) is -0.316. The van der Waals surface area contributed by atoms with Gasteiger partial charge in [-0.2, -0.15) is 0 Å². The van der Waals surface area contributed by atoms with Gasteiger partial charge in [-0.1, -0.05) is 0 Å². The molecule has 0 aliphatic carbocycles. The lowest BCUT2D eigenvalue weighted by atomic mass is 10.2. The fourth-order valence-corrected chi connectivity index (χ4v) is 1.77. The highest BCUT2D eigenvalue weighted by Crippen LogP contribution is 2.12. The van der Waals surface area contributed by atoms with Crippen molar-refractivity contribution in [1.29, 1.82) is 0 Å². The summed E-state index contributed by atoms with van der Waals surface area (Å²) in [6.07, 6.45) is 0.957. The number of amides is 1. The zero-order valence-electron chi connectivity index (χ0n) is 8.51. The van der Waals surface area contributed by atoms with E-state index in [4.69, 9.17) is 4.42 Å². The van der Waals surface area contributed by atoms with Crippen molar-refractivity contribution in [3.05, 3.63) is 24.2 Å². The summed E-state index contributed by atoms with van der Waals surface area (Å²) in [6, 6.07) is 3.11. The number of hydrogen-bond donors (Lipinski definition) is 2. The van der Waals surface area contributed by atoms with Gasteiger partial charge >= 0.3 is 0 Å². The molecule has 1 fully saturated rings. The van der Waals surface area contributed by atoms with E-state index in [-0.39, 0.29) is 11.9 Å². The average molecular weight is 210 g/mol. The Bertz CT molecular complexity index is 336. The van der Waals surface area contributed by atoms with Crippen LogP contribution in [0.5, 0.6) is 0 Å². The van der Waals surface area contributed by atoms with Crippen molar-refractivity contribution in [2.24, 2.45) is 0 Å². The Morgan fingerprint density at radius 1 is 1.67 bits per heavy atom. The van der Waals surface area contributed by atoms with Gasteiger partial charge in [0.15, 0.2) is 5.76 Å². The molecule has 0 aromatic carbocycles. The third-order valence-electron chi connectivity index (χ3n) is 2.70. The molecule has 82 valence electrons. The van der Waals surface area contributed by atoms with Crippen molar-refractivity contribution in [1.82, 2.24) is 10.2 Å². The Balaban J connectivity index is 2.07. The maximum absolute atomic E-state index is 11.8. The number of β-amino-alcohol motifs (C(OH)–C–C–N with tert-alkyl or cyclic N) is 1. The molecule has 1 aliphatic rings. The molecule has 1 aromatic heterocycles. The van der Waals surface area contributed by atoms with E-state index in [9.17, 15) is 9.90 Å². The summed E-state index contributed by atoms with van der Waals surface area (Å²) >= 11 is 0. The van der Waals surface area contributed by atoms with E-state index < -0.39 is 6.10 Å². The van der Waals surface area contributed by atoms with Gasteiger partial charge < -0.3 is 19.7 Å². The number of likely N-dealkylation sites (N-methyl/N-ethyl adjacent to an activating group) is 1. The Labute approximate surface area is 87.7 Å². The molecule has 1 amide bonds. The second-order valence-electron chi connectivity index (χ2n) is 3.69. The molecule has 1 saturated heterocycles. The van der Waals surface area contributed by atoms with Crippen molar-refractivity contribution in [3.8, 4) is 0 Å². The number of aliphatic hydroxyl groups is 1. The summed E-state index contributed by atoms with van der Waals surface area (Å²) in [5, 5.41) is 12.6. The number of carbonyl (C=O) groups excluding carboxylic acids is 1. The van der Waals surface area contributed by atoms with Gasteiger partial charge in [-0.3, -0.25) is 4.79 Å². The summed E-state index contributed by atoms with van der Waals surface area (Å²) in [5.74, 6) is 0.101. The molecule has 0 unspecified atom stereocenters. The van der Waals surface area contributed by atoms with Gasteiger partial charge in [0.1, 0.15) is 0 Å². The van der Waals surface area contributed by atoms with Crippen LogP contribution >= 0.6 is 0 Å². The zero-order chi connectivity index (χ0) is 10.8. The third-order valence-corrected chi connectivity index (χ3v) is 2.70. The maximum atomic E-state index is 11.8. The number of aliphatic hydroxyl groups excluding tert-OH is 1. The fraction of sp³-hybridized carbons (Fsp3) is 0.500. The van der Waals surface area contributed by atoms with Crippen molar-refractivity contribution >= 4 is 5.91 Å². The van der Waals surface area contributed by atoms with Crippen molar-refractivity contribution in [2.45, 2.75) is 12.1 Å². The highest BCUT2D eigenvalue weighted by atomic mass is 16.3. The molecule has 0 spiro atoms. The molecule has 1 aromatic rings. The first kappa shape index (κ1) is 10.2. The van der Waals surface area contributed by atoms with Gasteiger partial charge in [0.25, 0.3) is 5.91 Å². The highest BCUT2D eigenvalue weighted by molar-refractivity contribution is 5.91. The Kier molecular flexibility index (Phi) is 2.75. The van der Waals surface area contributed by atoms with E-state index in [1.54, 1.807) is 19.2 Å². The van der Waals surface area contributed by atoms with Crippen molar-refractivity contribution < 1.29 is 14.3 Å². The molecule has 1 aliphatic heterocycles. The lowest BCUT2D eigenvalue weighted by Gasteiger charge is -2.25. The predicted molar refractivity (Wildman–Crippen MR) is 53.5 cm³/mol. The van der Waals surface area contributed by atoms with E-state index >= 15 is 0 Å². The van der Waals surface area contributed by atoms with E-state index in [1.807, 2.05) is 0 Å². The van der Waals surface area contributed by atoms with Crippen LogP contribution in [0, 0.1) is 0 Å². The van der Waals surface area contributed by atoms with Gasteiger partial charge in [-0.15, -0.1) is 0 Å². The largest absolute Gasteiger partial charge is 0.459 e. The fourth-order valence-electron chi connectivity index (χ4n) is 1.77. The molecule has 2 atom stereocenters. The van der Waals surface area contributed by atoms with Crippen LogP contribution in [0.4, 0.5) is 0 Å². The summed E-state index contributed by atoms with van der Waals surface area (Å²) in [6.45, 7) is 1.14. The Hall–Kier alpha value is -1.33. The highest BCUT2D eigenvalue weighted by Gasteiger charge is 2.32. The quantitative estimate of drug-likeness (QED) is 0.702. The van der Waals surface area contributed by atoms with E-state index in [2.05, 4.69) is 5.32 Å². The SMILES string of the molecule is CN(C(=O)c1ccco1)[C@H]1CNC[C@@H]1O. The minimum absolute atomic E-state index is 0.178. The molecular weight excluding hydrogens is 196 g/mol. The van der Waals surface area contributed by atoms with Gasteiger partial charge in [0.05, 0.1) is 18.4 Å². The van der Waals surface area contributed by atoms with Crippen LogP contribution in [-0.4, -0.2) is 48.2 Å². The second kappa shape index (κ2) is 4.04. The average Bonchev–Trinajstić information content (AvgIpc) is 2.85. The maximum Gasteiger partial charge on any atom is 0.289 e. The van der Waals surface area contributed by atoms with Crippen LogP contribution in [0.2, 0.25) is 0 Å². The minimum atomic E-state index is -0.506. The Morgan fingerprint density at radius 2 is 2.47 bits per heavy atom. The minimum Gasteiger partial charge on any atom is -0.459 e. The molecule has 2 N–H and O–H groups in total. The monoisotopic (exact) mass is 210 g/mol. The normalized spacial score (nSPS) is 25.5. The first-order chi connectivity index (χ1) is 7.20. The lowest BCUT2D eigenvalue weighted by molar-refractivity contribution is 0.0553. The first-order valence-electron chi connectivity index (χ1n) is 4.89. The van der Waals surface area contributed by atoms with Crippen LogP contribution in [-0.2, 0) is 0 Å². The number of nitrogens with zero attached hydrogens (tertiary/aromatic N) is 1. The Morgan fingerprint density at radius 3 is 3.00 bits per heavy atom. The van der Waals surface area contributed by atoms with Crippen molar-refractivity contribution in [2.75, 3.05) is 20.1 Å². The summed E-state index contributed by atoms with van der Waals surface area (Å²) in [4.78, 5) is 13.3. The molecule has 5 heteroatoms. The van der Waals surface area contributed by atoms with Gasteiger partial charge in [0.2, 0.25) is 0 Å². The van der Waals surface area contributed by atoms with E-state index in [1.165, 1.54) is 11.2 Å². The number of rotatable bonds is 2. The smallest absolute Gasteiger partial charge is 0.289 e. The van der Waals surface area contributed by atoms with Crippen molar-refractivity contribution in [3.63, 3.8) is 0 Å². The lowest BCUT2D eigenvalue weighted by Crippen LogP contribution is -2.44. The van der Waals surface area contributed by atoms with Gasteiger partial charge in [0, 0.05) is 20.1 Å².